The number of rotatable bonds is 13. The van der Waals surface area contributed by atoms with Crippen LogP contribution in [-0.2, 0) is 20.9 Å². The maximum atomic E-state index is 12.8. The molecule has 1 aromatic carbocycles. The SMILES string of the molecule is COc1ccc(COCCCC/C=C\CC2(C)CC(O[C@@H]3C[C@H](C)CC[C@H]3C(C)C)=CC2=O)cc1. The quantitative estimate of drug-likeness (QED) is 0.214. The second-order valence-electron chi connectivity index (χ2n) is 11.3. The molecule has 2 aliphatic carbocycles. The van der Waals surface area contributed by atoms with E-state index in [1.807, 2.05) is 24.3 Å². The maximum Gasteiger partial charge on any atom is 0.165 e. The summed E-state index contributed by atoms with van der Waals surface area (Å²) in [7, 11) is 1.68. The van der Waals surface area contributed by atoms with E-state index in [9.17, 15) is 4.79 Å². The summed E-state index contributed by atoms with van der Waals surface area (Å²) in [6, 6.07) is 8.00. The third-order valence-corrected chi connectivity index (χ3v) is 7.79. The molecule has 0 bridgehead atoms. The van der Waals surface area contributed by atoms with Crippen molar-refractivity contribution in [3.05, 3.63) is 53.8 Å². The van der Waals surface area contributed by atoms with E-state index in [0.717, 1.165) is 62.2 Å². The van der Waals surface area contributed by atoms with Crippen molar-refractivity contribution >= 4 is 5.78 Å². The van der Waals surface area contributed by atoms with Crippen LogP contribution in [0.4, 0.5) is 0 Å². The van der Waals surface area contributed by atoms with Crippen molar-refractivity contribution in [1.82, 2.24) is 0 Å². The van der Waals surface area contributed by atoms with Gasteiger partial charge in [0.25, 0.3) is 0 Å². The van der Waals surface area contributed by atoms with Gasteiger partial charge in [0.2, 0.25) is 0 Å². The largest absolute Gasteiger partial charge is 0.497 e. The fourth-order valence-corrected chi connectivity index (χ4v) is 5.38. The van der Waals surface area contributed by atoms with Gasteiger partial charge in [0.15, 0.2) is 5.78 Å². The molecule has 2 aliphatic rings. The number of benzene rings is 1. The minimum Gasteiger partial charge on any atom is -0.497 e. The van der Waals surface area contributed by atoms with Crippen molar-refractivity contribution < 1.29 is 19.0 Å². The normalized spacial score (nSPS) is 27.0. The van der Waals surface area contributed by atoms with Gasteiger partial charge in [0.05, 0.1) is 13.7 Å². The molecule has 3 rings (SSSR count). The molecule has 0 aromatic heterocycles. The molecule has 4 atom stereocenters. The number of unbranched alkanes of at least 4 members (excludes halogenated alkanes) is 2. The standard InChI is InChI=1S/C31H46O4/c1-23(2)28-16-11-24(3)19-29(28)35-27-20-30(32)31(4,21-27)17-9-7-6-8-10-18-34-22-25-12-14-26(33-5)15-13-25/h7,9,12-15,20,23-24,28-29H,6,8,10-11,16-19,21-22H2,1-5H3/b9-7-/t24-,28+,29-,31?/m1/s1. The zero-order chi connectivity index (χ0) is 25.3. The zero-order valence-corrected chi connectivity index (χ0v) is 22.6. The van der Waals surface area contributed by atoms with Crippen molar-refractivity contribution in [2.75, 3.05) is 13.7 Å². The van der Waals surface area contributed by atoms with Crippen molar-refractivity contribution in [3.63, 3.8) is 0 Å². The molecule has 1 fully saturated rings. The Kier molecular flexibility index (Phi) is 10.5. The van der Waals surface area contributed by atoms with E-state index < -0.39 is 0 Å². The van der Waals surface area contributed by atoms with E-state index in [1.54, 1.807) is 13.2 Å². The number of hydrogen-bond donors (Lipinski definition) is 0. The van der Waals surface area contributed by atoms with E-state index in [4.69, 9.17) is 14.2 Å². The van der Waals surface area contributed by atoms with Gasteiger partial charge in [0, 0.05) is 24.5 Å². The summed E-state index contributed by atoms with van der Waals surface area (Å²) in [5, 5.41) is 0. The van der Waals surface area contributed by atoms with Gasteiger partial charge in [-0.2, -0.15) is 0 Å². The van der Waals surface area contributed by atoms with Crippen LogP contribution in [0.25, 0.3) is 0 Å². The number of carbonyl (C=O) groups excluding carboxylic acids is 1. The van der Waals surface area contributed by atoms with Gasteiger partial charge in [-0.3, -0.25) is 4.79 Å². The Labute approximate surface area is 213 Å². The average Bonchev–Trinajstić information content (AvgIpc) is 3.11. The van der Waals surface area contributed by atoms with Gasteiger partial charge in [-0.1, -0.05) is 58.4 Å². The second-order valence-corrected chi connectivity index (χ2v) is 11.3. The molecule has 1 saturated carbocycles. The number of ether oxygens (including phenoxy) is 3. The summed E-state index contributed by atoms with van der Waals surface area (Å²) in [6.07, 6.45) is 14.7. The van der Waals surface area contributed by atoms with E-state index in [1.165, 1.54) is 12.8 Å². The molecule has 0 saturated heterocycles. The fraction of sp³-hybridized carbons (Fsp3) is 0.645. The molecular weight excluding hydrogens is 436 g/mol. The first-order valence-corrected chi connectivity index (χ1v) is 13.6. The van der Waals surface area contributed by atoms with Gasteiger partial charge < -0.3 is 14.2 Å². The van der Waals surface area contributed by atoms with Crippen molar-refractivity contribution in [2.24, 2.45) is 23.2 Å². The summed E-state index contributed by atoms with van der Waals surface area (Å²) in [6.45, 7) is 10.4. The summed E-state index contributed by atoms with van der Waals surface area (Å²) in [5.74, 6) is 3.90. The van der Waals surface area contributed by atoms with Crippen LogP contribution in [0.5, 0.6) is 5.75 Å². The Morgan fingerprint density at radius 2 is 1.89 bits per heavy atom. The molecule has 4 nitrogen and oxygen atoms in total. The fourth-order valence-electron chi connectivity index (χ4n) is 5.38. The van der Waals surface area contributed by atoms with E-state index in [0.29, 0.717) is 24.4 Å². The van der Waals surface area contributed by atoms with E-state index >= 15 is 0 Å². The van der Waals surface area contributed by atoms with Crippen LogP contribution in [0.3, 0.4) is 0 Å². The minimum atomic E-state index is -0.360. The highest BCUT2D eigenvalue weighted by atomic mass is 16.5. The highest BCUT2D eigenvalue weighted by molar-refractivity contribution is 5.97. The molecular formula is C31H46O4. The molecule has 0 N–H and O–H groups in total. The lowest BCUT2D eigenvalue weighted by atomic mass is 9.75. The number of ketones is 1. The van der Waals surface area contributed by atoms with Crippen molar-refractivity contribution in [2.45, 2.75) is 91.8 Å². The summed E-state index contributed by atoms with van der Waals surface area (Å²) in [5.41, 5.74) is 0.802. The Morgan fingerprint density at radius 3 is 2.60 bits per heavy atom. The summed E-state index contributed by atoms with van der Waals surface area (Å²) < 4.78 is 17.4. The summed E-state index contributed by atoms with van der Waals surface area (Å²) in [4.78, 5) is 12.8. The Bertz CT molecular complexity index is 853. The zero-order valence-electron chi connectivity index (χ0n) is 22.6. The molecule has 0 aliphatic heterocycles. The van der Waals surface area contributed by atoms with Crippen molar-refractivity contribution in [3.8, 4) is 5.75 Å². The highest BCUT2D eigenvalue weighted by Crippen LogP contribution is 2.42. The average molecular weight is 483 g/mol. The first-order chi connectivity index (χ1) is 16.8. The summed E-state index contributed by atoms with van der Waals surface area (Å²) >= 11 is 0. The second kappa shape index (κ2) is 13.3. The number of allylic oxidation sites excluding steroid dienone is 4. The first-order valence-electron chi connectivity index (χ1n) is 13.6. The van der Waals surface area contributed by atoms with Crippen LogP contribution in [0.2, 0.25) is 0 Å². The number of methoxy groups -OCH3 is 1. The lowest BCUT2D eigenvalue weighted by molar-refractivity contribution is -0.121. The molecule has 1 unspecified atom stereocenters. The minimum absolute atomic E-state index is 0.217. The smallest absolute Gasteiger partial charge is 0.165 e. The van der Waals surface area contributed by atoms with Crippen LogP contribution in [0.1, 0.15) is 84.6 Å². The van der Waals surface area contributed by atoms with Crippen LogP contribution in [0.15, 0.2) is 48.3 Å². The molecule has 0 spiro atoms. The third kappa shape index (κ3) is 8.24. The predicted molar refractivity (Wildman–Crippen MR) is 142 cm³/mol. The van der Waals surface area contributed by atoms with Crippen LogP contribution >= 0.6 is 0 Å². The first kappa shape index (κ1) is 27.5. The highest BCUT2D eigenvalue weighted by Gasteiger charge is 2.40. The lowest BCUT2D eigenvalue weighted by Crippen LogP contribution is -2.34. The Morgan fingerprint density at radius 1 is 1.11 bits per heavy atom. The van der Waals surface area contributed by atoms with E-state index in [2.05, 4.69) is 39.8 Å². The lowest BCUT2D eigenvalue weighted by Gasteiger charge is -2.37. The molecule has 1 aromatic rings. The maximum absolute atomic E-state index is 12.8. The number of carbonyl (C=O) groups is 1. The van der Waals surface area contributed by atoms with Crippen LogP contribution < -0.4 is 4.74 Å². The third-order valence-electron chi connectivity index (χ3n) is 7.79. The van der Waals surface area contributed by atoms with E-state index in [-0.39, 0.29) is 17.3 Å². The Balaban J connectivity index is 1.33. The topological polar surface area (TPSA) is 44.8 Å². The van der Waals surface area contributed by atoms with Gasteiger partial charge in [-0.25, -0.2) is 0 Å². The molecule has 194 valence electrons. The molecule has 0 radical (unpaired) electrons. The van der Waals surface area contributed by atoms with Gasteiger partial charge in [-0.05, 0) is 74.0 Å². The monoisotopic (exact) mass is 482 g/mol. The van der Waals surface area contributed by atoms with Crippen molar-refractivity contribution in [1.29, 1.82) is 0 Å². The Hall–Kier alpha value is -2.07. The number of hydrogen-bond acceptors (Lipinski definition) is 4. The van der Waals surface area contributed by atoms with Crippen LogP contribution in [-0.4, -0.2) is 25.6 Å². The van der Waals surface area contributed by atoms with Gasteiger partial charge in [0.1, 0.15) is 17.6 Å². The molecule has 0 amide bonds. The molecule has 35 heavy (non-hydrogen) atoms. The molecule has 4 heteroatoms. The van der Waals surface area contributed by atoms with Gasteiger partial charge in [-0.15, -0.1) is 0 Å². The molecule has 0 heterocycles. The van der Waals surface area contributed by atoms with Gasteiger partial charge >= 0.3 is 0 Å². The van der Waals surface area contributed by atoms with Crippen LogP contribution in [0, 0.1) is 23.2 Å². The predicted octanol–water partition coefficient (Wildman–Crippen LogP) is 7.67.